The van der Waals surface area contributed by atoms with Crippen molar-refractivity contribution in [2.75, 3.05) is 11.9 Å². The van der Waals surface area contributed by atoms with Crippen molar-refractivity contribution < 1.29 is 19.2 Å². The van der Waals surface area contributed by atoms with Gasteiger partial charge in [-0.05, 0) is 55.0 Å². The first-order valence-electron chi connectivity index (χ1n) is 8.81. The van der Waals surface area contributed by atoms with Crippen molar-refractivity contribution in [3.8, 4) is 0 Å². The summed E-state index contributed by atoms with van der Waals surface area (Å²) >= 11 is 1.58. The number of rotatable bonds is 4. The van der Waals surface area contributed by atoms with Crippen LogP contribution in [0, 0.1) is 0 Å². The van der Waals surface area contributed by atoms with Gasteiger partial charge in [0, 0.05) is 21.7 Å². The van der Waals surface area contributed by atoms with Crippen LogP contribution < -0.4 is 16.4 Å². The molecule has 9 heteroatoms. The first-order chi connectivity index (χ1) is 13.4. The number of nitrogens with zero attached hydrogens (tertiary/aromatic N) is 1. The van der Waals surface area contributed by atoms with Crippen LogP contribution in [0.25, 0.3) is 0 Å². The molecule has 0 unspecified atom stereocenters. The van der Waals surface area contributed by atoms with Crippen LogP contribution in [0.15, 0.2) is 35.7 Å². The summed E-state index contributed by atoms with van der Waals surface area (Å²) in [6.07, 6.45) is 2.21. The minimum atomic E-state index is -1.06. The lowest BCUT2D eigenvalue weighted by Crippen LogP contribution is -2.46. The fraction of sp³-hybridized carbons (Fsp3) is 0.263. The highest BCUT2D eigenvalue weighted by Gasteiger charge is 2.54. The molecule has 0 saturated carbocycles. The topological polar surface area (TPSA) is 122 Å². The zero-order valence-electron chi connectivity index (χ0n) is 14.9. The van der Waals surface area contributed by atoms with E-state index in [-0.39, 0.29) is 6.54 Å². The summed E-state index contributed by atoms with van der Waals surface area (Å²) in [6.45, 7) is -0.385. The molecule has 4 rings (SSSR count). The molecular weight excluding hydrogens is 380 g/mol. The Labute approximate surface area is 164 Å². The number of carbonyl (C=O) groups is 4. The molecule has 1 aromatic carbocycles. The van der Waals surface area contributed by atoms with E-state index in [2.05, 4.69) is 10.6 Å². The number of benzene rings is 1. The number of thiophene rings is 1. The molecule has 1 aliphatic heterocycles. The van der Waals surface area contributed by atoms with Crippen LogP contribution in [-0.2, 0) is 21.5 Å². The van der Waals surface area contributed by atoms with Gasteiger partial charge in [0.25, 0.3) is 5.91 Å². The summed E-state index contributed by atoms with van der Waals surface area (Å²) in [5, 5.41) is 7.35. The van der Waals surface area contributed by atoms with E-state index < -0.39 is 29.3 Å². The highest BCUT2D eigenvalue weighted by Crippen LogP contribution is 2.42. The molecule has 144 valence electrons. The molecule has 5 amide bonds. The average molecular weight is 398 g/mol. The third kappa shape index (κ3) is 2.93. The van der Waals surface area contributed by atoms with Gasteiger partial charge in [-0.1, -0.05) is 0 Å². The number of nitrogens with two attached hydrogens (primary N) is 1. The van der Waals surface area contributed by atoms with Crippen LogP contribution in [-0.4, -0.2) is 35.2 Å². The number of urea groups is 1. The van der Waals surface area contributed by atoms with Crippen molar-refractivity contribution in [1.82, 2.24) is 10.2 Å². The van der Waals surface area contributed by atoms with E-state index in [4.69, 9.17) is 5.73 Å². The molecule has 28 heavy (non-hydrogen) atoms. The zero-order chi connectivity index (χ0) is 19.9. The number of anilines is 1. The normalized spacial score (nSPS) is 20.8. The third-order valence-electron chi connectivity index (χ3n) is 5.09. The molecule has 4 N–H and O–H groups in total. The molecular formula is C19H18N4O4S. The van der Waals surface area contributed by atoms with Gasteiger partial charge in [-0.15, -0.1) is 11.3 Å². The van der Waals surface area contributed by atoms with Crippen LogP contribution in [0.3, 0.4) is 0 Å². The molecule has 1 atom stereocenters. The van der Waals surface area contributed by atoms with Crippen molar-refractivity contribution in [2.24, 2.45) is 5.73 Å². The maximum Gasteiger partial charge on any atom is 0.325 e. The van der Waals surface area contributed by atoms with Crippen LogP contribution in [0.1, 0.15) is 33.6 Å². The van der Waals surface area contributed by atoms with Gasteiger partial charge >= 0.3 is 6.03 Å². The first-order valence-corrected chi connectivity index (χ1v) is 9.69. The zero-order valence-corrected chi connectivity index (χ0v) is 15.7. The van der Waals surface area contributed by atoms with Crippen molar-refractivity contribution in [1.29, 1.82) is 0 Å². The SMILES string of the molecule is NC(=O)c1ccc(NC(=O)CN2C(=O)N[C@]3(CCCc4sccc43)C2=O)cc1. The molecule has 1 aromatic heterocycles. The van der Waals surface area contributed by atoms with E-state index in [1.54, 1.807) is 11.3 Å². The number of primary amides is 1. The summed E-state index contributed by atoms with van der Waals surface area (Å²) in [6, 6.07) is 7.35. The van der Waals surface area contributed by atoms with Gasteiger partial charge in [0.2, 0.25) is 11.8 Å². The number of hydrogen-bond donors (Lipinski definition) is 3. The van der Waals surface area contributed by atoms with Gasteiger partial charge in [0.1, 0.15) is 12.1 Å². The van der Waals surface area contributed by atoms with Crippen molar-refractivity contribution in [3.05, 3.63) is 51.7 Å². The number of aryl methyl sites for hydroxylation is 1. The second-order valence-corrected chi connectivity index (χ2v) is 7.83. The van der Waals surface area contributed by atoms with Gasteiger partial charge in [-0.25, -0.2) is 4.79 Å². The monoisotopic (exact) mass is 398 g/mol. The number of nitrogens with one attached hydrogen (secondary N) is 2. The number of hydrogen-bond acceptors (Lipinski definition) is 5. The third-order valence-corrected chi connectivity index (χ3v) is 6.07. The predicted octanol–water partition coefficient (Wildman–Crippen LogP) is 1.57. The van der Waals surface area contributed by atoms with Crippen LogP contribution in [0.4, 0.5) is 10.5 Å². The summed E-state index contributed by atoms with van der Waals surface area (Å²) in [5.74, 6) is -1.47. The predicted molar refractivity (Wildman–Crippen MR) is 103 cm³/mol. The van der Waals surface area contributed by atoms with Crippen LogP contribution >= 0.6 is 11.3 Å². The largest absolute Gasteiger partial charge is 0.366 e. The van der Waals surface area contributed by atoms with E-state index in [0.29, 0.717) is 17.7 Å². The standard InChI is InChI=1S/C19H18N4O4S/c20-16(25)11-3-5-12(6-4-11)21-15(24)10-23-17(26)19(22-18(23)27)8-1-2-14-13(19)7-9-28-14/h3-7,9H,1-2,8,10H2,(H2,20,25)(H,21,24)(H,22,27)/t19-/m0/s1. The van der Waals surface area contributed by atoms with Crippen LogP contribution in [0.5, 0.6) is 0 Å². The fourth-order valence-electron chi connectivity index (χ4n) is 3.75. The smallest absolute Gasteiger partial charge is 0.325 e. The molecule has 1 spiro atoms. The number of imide groups is 1. The first kappa shape index (κ1) is 18.2. The molecule has 0 bridgehead atoms. The lowest BCUT2D eigenvalue weighted by Gasteiger charge is -2.31. The Hall–Kier alpha value is -3.20. The van der Waals surface area contributed by atoms with E-state index >= 15 is 0 Å². The number of carbonyl (C=O) groups excluding carboxylic acids is 4. The number of amides is 5. The van der Waals surface area contributed by atoms with Crippen molar-refractivity contribution >= 4 is 40.8 Å². The van der Waals surface area contributed by atoms with Gasteiger partial charge in [0.05, 0.1) is 0 Å². The Morgan fingerprint density at radius 1 is 1.21 bits per heavy atom. The summed E-state index contributed by atoms with van der Waals surface area (Å²) in [4.78, 5) is 51.1. The van der Waals surface area contributed by atoms with Gasteiger partial charge < -0.3 is 16.4 Å². The van der Waals surface area contributed by atoms with E-state index in [9.17, 15) is 19.2 Å². The second-order valence-electron chi connectivity index (χ2n) is 6.83. The van der Waals surface area contributed by atoms with Crippen molar-refractivity contribution in [3.63, 3.8) is 0 Å². The van der Waals surface area contributed by atoms with Gasteiger partial charge in [-0.3, -0.25) is 19.3 Å². The summed E-state index contributed by atoms with van der Waals surface area (Å²) in [7, 11) is 0. The van der Waals surface area contributed by atoms with Crippen LogP contribution in [0.2, 0.25) is 0 Å². The molecule has 2 heterocycles. The summed E-state index contributed by atoms with van der Waals surface area (Å²) < 4.78 is 0. The van der Waals surface area contributed by atoms with Gasteiger partial charge in [0.15, 0.2) is 0 Å². The van der Waals surface area contributed by atoms with Crippen molar-refractivity contribution in [2.45, 2.75) is 24.8 Å². The quantitative estimate of drug-likeness (QED) is 0.677. The summed E-state index contributed by atoms with van der Waals surface area (Å²) in [5.41, 5.74) is 5.72. The Balaban J connectivity index is 1.48. The second kappa shape index (κ2) is 6.75. The molecule has 8 nitrogen and oxygen atoms in total. The lowest BCUT2D eigenvalue weighted by molar-refractivity contribution is -0.134. The van der Waals surface area contributed by atoms with E-state index in [1.165, 1.54) is 24.3 Å². The molecule has 2 aliphatic rings. The van der Waals surface area contributed by atoms with E-state index in [1.807, 2.05) is 11.4 Å². The maximum atomic E-state index is 13.1. The molecule has 1 saturated heterocycles. The maximum absolute atomic E-state index is 13.1. The molecule has 1 aliphatic carbocycles. The molecule has 1 fully saturated rings. The average Bonchev–Trinajstić information content (AvgIpc) is 3.23. The minimum Gasteiger partial charge on any atom is -0.366 e. The lowest BCUT2D eigenvalue weighted by atomic mass is 9.80. The Bertz CT molecular complexity index is 984. The number of fused-ring (bicyclic) bond motifs is 2. The van der Waals surface area contributed by atoms with Gasteiger partial charge in [-0.2, -0.15) is 0 Å². The Kier molecular flexibility index (Phi) is 4.38. The highest BCUT2D eigenvalue weighted by atomic mass is 32.1. The minimum absolute atomic E-state index is 0.318. The fourth-order valence-corrected chi connectivity index (χ4v) is 4.75. The molecule has 0 radical (unpaired) electrons. The Morgan fingerprint density at radius 3 is 2.68 bits per heavy atom. The van der Waals surface area contributed by atoms with E-state index in [0.717, 1.165) is 28.2 Å². The highest BCUT2D eigenvalue weighted by molar-refractivity contribution is 7.10. The Morgan fingerprint density at radius 2 is 1.96 bits per heavy atom. The molecule has 2 aromatic rings.